The molecule has 0 fully saturated rings. The van der Waals surface area contributed by atoms with Crippen LogP contribution in [0.1, 0.15) is 5.56 Å². The number of benzene rings is 2. The van der Waals surface area contributed by atoms with Gasteiger partial charge in [-0.05, 0) is 35.0 Å². The SMILES string of the molecule is COc1ccc(-n2ncc(-c3nnn(C)n3)c2SCc2ccccc2)cc1. The average Bonchev–Trinajstić information content (AvgIpc) is 3.33. The van der Waals surface area contributed by atoms with E-state index in [2.05, 4.69) is 32.6 Å². The Hall–Kier alpha value is -3.13. The summed E-state index contributed by atoms with van der Waals surface area (Å²) in [6, 6.07) is 18.1. The summed E-state index contributed by atoms with van der Waals surface area (Å²) in [5.41, 5.74) is 3.05. The number of ether oxygens (including phenoxy) is 1. The number of aromatic nitrogens is 6. The summed E-state index contributed by atoms with van der Waals surface area (Å²) in [5, 5.41) is 18.0. The first-order valence-corrected chi connectivity index (χ1v) is 9.36. The van der Waals surface area contributed by atoms with Gasteiger partial charge in [0.05, 0.1) is 31.6 Å². The Kier molecular flexibility index (Phi) is 4.88. The molecule has 0 atom stereocenters. The number of aryl methyl sites for hydroxylation is 1. The second-order valence-corrected chi connectivity index (χ2v) is 6.81. The maximum absolute atomic E-state index is 5.25. The highest BCUT2D eigenvalue weighted by Crippen LogP contribution is 2.33. The lowest BCUT2D eigenvalue weighted by Gasteiger charge is -2.09. The molecule has 0 aliphatic heterocycles. The van der Waals surface area contributed by atoms with Crippen molar-refractivity contribution < 1.29 is 4.74 Å². The van der Waals surface area contributed by atoms with E-state index in [1.807, 2.05) is 47.1 Å². The molecule has 0 unspecified atom stereocenters. The predicted molar refractivity (Wildman–Crippen MR) is 104 cm³/mol. The van der Waals surface area contributed by atoms with Gasteiger partial charge in [0.1, 0.15) is 10.8 Å². The van der Waals surface area contributed by atoms with E-state index < -0.39 is 0 Å². The van der Waals surface area contributed by atoms with Crippen LogP contribution in [0.4, 0.5) is 0 Å². The molecule has 0 saturated carbocycles. The third-order valence-corrected chi connectivity index (χ3v) is 5.15. The second-order valence-electron chi connectivity index (χ2n) is 5.85. The molecule has 136 valence electrons. The van der Waals surface area contributed by atoms with E-state index in [0.29, 0.717) is 5.82 Å². The van der Waals surface area contributed by atoms with Gasteiger partial charge in [-0.15, -0.1) is 22.0 Å². The largest absolute Gasteiger partial charge is 0.497 e. The highest BCUT2D eigenvalue weighted by molar-refractivity contribution is 7.98. The van der Waals surface area contributed by atoms with Crippen molar-refractivity contribution in [1.29, 1.82) is 0 Å². The molecule has 0 amide bonds. The molecule has 0 saturated heterocycles. The van der Waals surface area contributed by atoms with Gasteiger partial charge in [-0.2, -0.15) is 9.90 Å². The van der Waals surface area contributed by atoms with Crippen LogP contribution in [-0.4, -0.2) is 37.1 Å². The first-order chi connectivity index (χ1) is 13.2. The molecule has 8 heteroatoms. The summed E-state index contributed by atoms with van der Waals surface area (Å²) in [6.45, 7) is 0. The molecule has 0 aliphatic carbocycles. The van der Waals surface area contributed by atoms with E-state index in [9.17, 15) is 0 Å². The standard InChI is InChI=1S/C19H18N6OS/c1-24-22-18(21-23-24)17-12-20-25(15-8-10-16(26-2)11-9-15)19(17)27-13-14-6-4-3-5-7-14/h3-12H,13H2,1-2H3. The number of methoxy groups -OCH3 is 1. The first kappa shape index (κ1) is 17.3. The number of nitrogens with zero attached hydrogens (tertiary/aromatic N) is 6. The van der Waals surface area contributed by atoms with Crippen LogP contribution < -0.4 is 4.74 Å². The number of tetrazole rings is 1. The van der Waals surface area contributed by atoms with Crippen molar-refractivity contribution in [2.45, 2.75) is 10.8 Å². The van der Waals surface area contributed by atoms with Gasteiger partial charge in [0.25, 0.3) is 0 Å². The molecule has 0 bridgehead atoms. The Bertz CT molecular complexity index is 1030. The molecule has 2 aromatic carbocycles. The Morgan fingerprint density at radius 1 is 1.04 bits per heavy atom. The minimum absolute atomic E-state index is 0.563. The fraction of sp³-hybridized carbons (Fsp3) is 0.158. The molecule has 0 aliphatic rings. The van der Waals surface area contributed by atoms with Gasteiger partial charge in [0.15, 0.2) is 0 Å². The van der Waals surface area contributed by atoms with Crippen LogP contribution in [0, 0.1) is 0 Å². The number of hydrogen-bond acceptors (Lipinski definition) is 6. The molecule has 0 radical (unpaired) electrons. The van der Waals surface area contributed by atoms with Gasteiger partial charge in [0.2, 0.25) is 5.82 Å². The number of hydrogen-bond donors (Lipinski definition) is 0. The average molecular weight is 378 g/mol. The van der Waals surface area contributed by atoms with E-state index in [0.717, 1.165) is 27.8 Å². The lowest BCUT2D eigenvalue weighted by molar-refractivity contribution is 0.414. The Labute approximate surface area is 161 Å². The molecule has 4 rings (SSSR count). The molecule has 7 nitrogen and oxygen atoms in total. The molecule has 0 N–H and O–H groups in total. The van der Waals surface area contributed by atoms with Gasteiger partial charge in [-0.25, -0.2) is 4.68 Å². The van der Waals surface area contributed by atoms with Crippen LogP contribution in [0.2, 0.25) is 0 Å². The fourth-order valence-corrected chi connectivity index (χ4v) is 3.72. The Morgan fingerprint density at radius 3 is 2.48 bits per heavy atom. The fourth-order valence-electron chi connectivity index (χ4n) is 2.65. The van der Waals surface area contributed by atoms with Crippen LogP contribution in [0.15, 0.2) is 65.8 Å². The van der Waals surface area contributed by atoms with Gasteiger partial charge < -0.3 is 4.74 Å². The number of rotatable bonds is 6. The zero-order chi connectivity index (χ0) is 18.6. The van der Waals surface area contributed by atoms with Crippen LogP contribution in [0.25, 0.3) is 17.1 Å². The summed E-state index contributed by atoms with van der Waals surface area (Å²) < 4.78 is 7.15. The highest BCUT2D eigenvalue weighted by Gasteiger charge is 2.18. The van der Waals surface area contributed by atoms with Gasteiger partial charge in [0, 0.05) is 5.75 Å². The summed E-state index contributed by atoms with van der Waals surface area (Å²) in [6.07, 6.45) is 1.79. The van der Waals surface area contributed by atoms with E-state index >= 15 is 0 Å². The normalized spacial score (nSPS) is 10.9. The third kappa shape index (κ3) is 3.70. The molecule has 2 heterocycles. The molecule has 27 heavy (non-hydrogen) atoms. The van der Waals surface area contributed by atoms with Gasteiger partial charge in [-0.3, -0.25) is 0 Å². The van der Waals surface area contributed by atoms with E-state index in [-0.39, 0.29) is 0 Å². The second kappa shape index (κ2) is 7.63. The van der Waals surface area contributed by atoms with Crippen molar-refractivity contribution in [3.8, 4) is 22.8 Å². The third-order valence-electron chi connectivity index (χ3n) is 4.01. The minimum Gasteiger partial charge on any atom is -0.497 e. The van der Waals surface area contributed by atoms with E-state index in [4.69, 9.17) is 4.74 Å². The maximum atomic E-state index is 5.25. The maximum Gasteiger partial charge on any atom is 0.209 e. The monoisotopic (exact) mass is 378 g/mol. The number of thioether (sulfide) groups is 1. The minimum atomic E-state index is 0.563. The molecular formula is C19H18N6OS. The zero-order valence-electron chi connectivity index (χ0n) is 15.0. The van der Waals surface area contributed by atoms with Crippen molar-refractivity contribution in [3.05, 3.63) is 66.4 Å². The van der Waals surface area contributed by atoms with Crippen LogP contribution in [0.5, 0.6) is 5.75 Å². The molecular weight excluding hydrogens is 360 g/mol. The molecule has 4 aromatic rings. The Morgan fingerprint density at radius 2 is 1.81 bits per heavy atom. The van der Waals surface area contributed by atoms with E-state index in [1.165, 1.54) is 10.4 Å². The van der Waals surface area contributed by atoms with Crippen LogP contribution in [-0.2, 0) is 12.8 Å². The lowest BCUT2D eigenvalue weighted by atomic mass is 10.2. The van der Waals surface area contributed by atoms with Crippen molar-refractivity contribution in [1.82, 2.24) is 30.0 Å². The summed E-state index contributed by atoms with van der Waals surface area (Å²) >= 11 is 1.69. The Balaban J connectivity index is 1.72. The van der Waals surface area contributed by atoms with Crippen LogP contribution in [0.3, 0.4) is 0 Å². The molecule has 0 spiro atoms. The lowest BCUT2D eigenvalue weighted by Crippen LogP contribution is -1.99. The first-order valence-electron chi connectivity index (χ1n) is 8.38. The summed E-state index contributed by atoms with van der Waals surface area (Å²) in [7, 11) is 3.41. The van der Waals surface area contributed by atoms with Gasteiger partial charge >= 0.3 is 0 Å². The van der Waals surface area contributed by atoms with E-state index in [1.54, 1.807) is 32.1 Å². The summed E-state index contributed by atoms with van der Waals surface area (Å²) in [5.74, 6) is 2.18. The quantitative estimate of drug-likeness (QED) is 0.479. The van der Waals surface area contributed by atoms with Crippen molar-refractivity contribution in [3.63, 3.8) is 0 Å². The van der Waals surface area contributed by atoms with Crippen molar-refractivity contribution >= 4 is 11.8 Å². The van der Waals surface area contributed by atoms with Crippen molar-refractivity contribution in [2.24, 2.45) is 7.05 Å². The van der Waals surface area contributed by atoms with Crippen molar-refractivity contribution in [2.75, 3.05) is 7.11 Å². The topological polar surface area (TPSA) is 70.7 Å². The zero-order valence-corrected chi connectivity index (χ0v) is 15.8. The van der Waals surface area contributed by atoms with Gasteiger partial charge in [-0.1, -0.05) is 30.3 Å². The van der Waals surface area contributed by atoms with Crippen LogP contribution >= 0.6 is 11.8 Å². The highest BCUT2D eigenvalue weighted by atomic mass is 32.2. The molecule has 2 aromatic heterocycles. The summed E-state index contributed by atoms with van der Waals surface area (Å²) in [4.78, 5) is 1.45. The smallest absolute Gasteiger partial charge is 0.209 e. The predicted octanol–water partition coefficient (Wildman–Crippen LogP) is 3.36.